The summed E-state index contributed by atoms with van der Waals surface area (Å²) in [5, 5.41) is 1.14. The van der Waals surface area contributed by atoms with Gasteiger partial charge in [-0.2, -0.15) is 17.5 Å². The maximum atomic E-state index is 12.8. The van der Waals surface area contributed by atoms with Crippen molar-refractivity contribution in [2.24, 2.45) is 0 Å². The summed E-state index contributed by atoms with van der Waals surface area (Å²) in [7, 11) is -3.63. The van der Waals surface area contributed by atoms with Crippen molar-refractivity contribution in [2.75, 3.05) is 32.8 Å². The van der Waals surface area contributed by atoms with E-state index < -0.39 is 34.3 Å². The summed E-state index contributed by atoms with van der Waals surface area (Å²) < 4.78 is 69.7. The third-order valence-corrected chi connectivity index (χ3v) is 6.27. The highest BCUT2D eigenvalue weighted by molar-refractivity contribution is 7.92. The number of piperazine rings is 1. The van der Waals surface area contributed by atoms with Crippen LogP contribution in [0.2, 0.25) is 0 Å². The number of sulfonamides is 1. The van der Waals surface area contributed by atoms with Crippen molar-refractivity contribution in [3.8, 4) is 5.75 Å². The molecule has 0 aliphatic carbocycles. The van der Waals surface area contributed by atoms with Crippen molar-refractivity contribution in [3.05, 3.63) is 71.1 Å². The largest absolute Gasteiger partial charge is 0.484 e. The van der Waals surface area contributed by atoms with E-state index in [4.69, 9.17) is 4.74 Å². The van der Waals surface area contributed by atoms with E-state index in [9.17, 15) is 26.4 Å². The monoisotopic (exact) mass is 454 g/mol. The van der Waals surface area contributed by atoms with Gasteiger partial charge in [0.25, 0.3) is 5.91 Å². The lowest BCUT2D eigenvalue weighted by Crippen LogP contribution is -2.51. The number of amides is 1. The number of nitrogens with zero attached hydrogens (tertiary/aromatic N) is 2. The van der Waals surface area contributed by atoms with E-state index in [1.54, 1.807) is 24.3 Å². The second-order valence-corrected chi connectivity index (χ2v) is 8.67. The highest BCUT2D eigenvalue weighted by Gasteiger charge is 2.31. The van der Waals surface area contributed by atoms with Crippen LogP contribution in [-0.2, 0) is 21.0 Å². The molecular weight excluding hydrogens is 433 g/mol. The fourth-order valence-corrected chi connectivity index (χ4v) is 4.18. The maximum absolute atomic E-state index is 12.8. The Bertz CT molecular complexity index is 1030. The van der Waals surface area contributed by atoms with Crippen LogP contribution in [0.15, 0.2) is 60.0 Å². The van der Waals surface area contributed by atoms with Gasteiger partial charge in [0.2, 0.25) is 10.0 Å². The van der Waals surface area contributed by atoms with Crippen LogP contribution in [0.4, 0.5) is 13.2 Å². The molecule has 166 valence electrons. The quantitative estimate of drug-likeness (QED) is 0.672. The van der Waals surface area contributed by atoms with Crippen molar-refractivity contribution in [1.82, 2.24) is 9.21 Å². The summed E-state index contributed by atoms with van der Waals surface area (Å²) in [6, 6.07) is 13.3. The number of rotatable bonds is 6. The van der Waals surface area contributed by atoms with E-state index in [2.05, 4.69) is 0 Å². The zero-order valence-electron chi connectivity index (χ0n) is 16.5. The first kappa shape index (κ1) is 22.8. The summed E-state index contributed by atoms with van der Waals surface area (Å²) in [6.45, 7) is 0.155. The van der Waals surface area contributed by atoms with Gasteiger partial charge in [0.1, 0.15) is 5.75 Å². The zero-order valence-corrected chi connectivity index (χ0v) is 17.3. The first-order valence-corrected chi connectivity index (χ1v) is 11.0. The SMILES string of the molecule is O=C(COc1cccc(C(F)(F)F)c1)N1CCN(S(=O)(=O)/C=C/c2ccccc2)CC1. The molecule has 1 saturated heterocycles. The van der Waals surface area contributed by atoms with Crippen LogP contribution in [0.1, 0.15) is 11.1 Å². The zero-order chi connectivity index (χ0) is 22.5. The molecule has 0 saturated carbocycles. The fourth-order valence-electron chi connectivity index (χ4n) is 3.01. The molecule has 0 atom stereocenters. The lowest BCUT2D eigenvalue weighted by atomic mass is 10.2. The molecule has 0 unspecified atom stereocenters. The Labute approximate surface area is 178 Å². The molecule has 0 spiro atoms. The Morgan fingerprint density at radius 1 is 1.00 bits per heavy atom. The van der Waals surface area contributed by atoms with Gasteiger partial charge in [-0.05, 0) is 29.8 Å². The number of hydrogen-bond acceptors (Lipinski definition) is 4. The predicted octanol–water partition coefficient (Wildman–Crippen LogP) is 3.23. The fraction of sp³-hybridized carbons (Fsp3) is 0.286. The normalized spacial score (nSPS) is 15.9. The summed E-state index contributed by atoms with van der Waals surface area (Å²) in [5.74, 6) is -0.482. The van der Waals surface area contributed by atoms with Crippen LogP contribution < -0.4 is 4.74 Å². The van der Waals surface area contributed by atoms with Crippen molar-refractivity contribution in [3.63, 3.8) is 0 Å². The molecular formula is C21H21F3N2O4S. The van der Waals surface area contributed by atoms with E-state index >= 15 is 0 Å². The standard InChI is InChI=1S/C21H21F3N2O4S/c22-21(23,24)18-7-4-8-19(15-18)30-16-20(27)25-10-12-26(13-11-25)31(28,29)14-9-17-5-2-1-3-6-17/h1-9,14-15H,10-13,16H2/b14-9+. The second-order valence-electron chi connectivity index (χ2n) is 6.85. The average molecular weight is 454 g/mol. The highest BCUT2D eigenvalue weighted by Crippen LogP contribution is 2.31. The van der Waals surface area contributed by atoms with Gasteiger partial charge in [-0.25, -0.2) is 8.42 Å². The van der Waals surface area contributed by atoms with Crippen LogP contribution in [0, 0.1) is 0 Å². The van der Waals surface area contributed by atoms with E-state index in [1.807, 2.05) is 6.07 Å². The molecule has 2 aromatic carbocycles. The number of carbonyl (C=O) groups is 1. The van der Waals surface area contributed by atoms with Crippen molar-refractivity contribution >= 4 is 22.0 Å². The van der Waals surface area contributed by atoms with Crippen molar-refractivity contribution < 1.29 is 31.1 Å². The first-order valence-electron chi connectivity index (χ1n) is 9.46. The van der Waals surface area contributed by atoms with Gasteiger partial charge in [0.05, 0.1) is 5.56 Å². The number of alkyl halides is 3. The molecule has 10 heteroatoms. The highest BCUT2D eigenvalue weighted by atomic mass is 32.2. The van der Waals surface area contributed by atoms with Gasteiger partial charge in [0.15, 0.2) is 6.61 Å². The number of halogens is 3. The molecule has 3 rings (SSSR count). The molecule has 0 N–H and O–H groups in total. The topological polar surface area (TPSA) is 66.9 Å². The van der Waals surface area contributed by atoms with Gasteiger partial charge in [-0.1, -0.05) is 36.4 Å². The van der Waals surface area contributed by atoms with E-state index in [0.29, 0.717) is 0 Å². The van der Waals surface area contributed by atoms with E-state index in [-0.39, 0.29) is 31.9 Å². The van der Waals surface area contributed by atoms with Crippen LogP contribution >= 0.6 is 0 Å². The lowest BCUT2D eigenvalue weighted by molar-refractivity contribution is -0.137. The molecule has 0 bridgehead atoms. The van der Waals surface area contributed by atoms with Gasteiger partial charge in [-0.3, -0.25) is 4.79 Å². The smallest absolute Gasteiger partial charge is 0.416 e. The Balaban J connectivity index is 1.51. The van der Waals surface area contributed by atoms with Gasteiger partial charge in [0, 0.05) is 31.6 Å². The molecule has 2 aromatic rings. The van der Waals surface area contributed by atoms with Crippen molar-refractivity contribution in [1.29, 1.82) is 0 Å². The summed E-state index contributed by atoms with van der Waals surface area (Å²) in [5.41, 5.74) is -0.105. The molecule has 1 heterocycles. The van der Waals surface area contributed by atoms with Crippen LogP contribution in [0.25, 0.3) is 6.08 Å². The van der Waals surface area contributed by atoms with Crippen LogP contribution in [0.5, 0.6) is 5.75 Å². The van der Waals surface area contributed by atoms with E-state index in [1.165, 1.54) is 27.4 Å². The van der Waals surface area contributed by atoms with Crippen LogP contribution in [-0.4, -0.2) is 56.3 Å². The molecule has 6 nitrogen and oxygen atoms in total. The maximum Gasteiger partial charge on any atom is 0.416 e. The Kier molecular flexibility index (Phi) is 7.01. The first-order chi connectivity index (χ1) is 14.6. The minimum absolute atomic E-state index is 0.0598. The second kappa shape index (κ2) is 9.52. The molecule has 1 fully saturated rings. The Morgan fingerprint density at radius 2 is 1.68 bits per heavy atom. The summed E-state index contributed by atoms with van der Waals surface area (Å²) in [4.78, 5) is 13.7. The van der Waals surface area contributed by atoms with E-state index in [0.717, 1.165) is 23.1 Å². The Hall–Kier alpha value is -2.85. The molecule has 1 aliphatic heterocycles. The molecule has 31 heavy (non-hydrogen) atoms. The van der Waals surface area contributed by atoms with Gasteiger partial charge < -0.3 is 9.64 Å². The van der Waals surface area contributed by atoms with Crippen LogP contribution in [0.3, 0.4) is 0 Å². The minimum atomic E-state index is -4.50. The number of benzene rings is 2. The number of hydrogen-bond donors (Lipinski definition) is 0. The predicted molar refractivity (Wildman–Crippen MR) is 109 cm³/mol. The minimum Gasteiger partial charge on any atom is -0.484 e. The molecule has 1 amide bonds. The summed E-state index contributed by atoms with van der Waals surface area (Å²) in [6.07, 6.45) is -2.99. The van der Waals surface area contributed by atoms with Gasteiger partial charge >= 0.3 is 6.18 Å². The molecule has 0 aromatic heterocycles. The Morgan fingerprint density at radius 3 is 2.32 bits per heavy atom. The number of carbonyl (C=O) groups excluding carboxylic acids is 1. The number of ether oxygens (including phenoxy) is 1. The van der Waals surface area contributed by atoms with Crippen molar-refractivity contribution in [2.45, 2.75) is 6.18 Å². The third kappa shape index (κ3) is 6.31. The molecule has 1 aliphatic rings. The third-order valence-electron chi connectivity index (χ3n) is 4.71. The summed E-state index contributed by atoms with van der Waals surface area (Å²) >= 11 is 0. The lowest BCUT2D eigenvalue weighted by Gasteiger charge is -2.33. The average Bonchev–Trinajstić information content (AvgIpc) is 2.76. The molecule has 0 radical (unpaired) electrons. The van der Waals surface area contributed by atoms with Gasteiger partial charge in [-0.15, -0.1) is 0 Å².